The van der Waals surface area contributed by atoms with Crippen molar-refractivity contribution in [3.8, 4) is 0 Å². The second kappa shape index (κ2) is 3.72. The highest BCUT2D eigenvalue weighted by molar-refractivity contribution is 7.25. The van der Waals surface area contributed by atoms with Crippen LogP contribution in [0.4, 0.5) is 0 Å². The van der Waals surface area contributed by atoms with Crippen LogP contribution in [-0.2, 0) is 11.2 Å². The van der Waals surface area contributed by atoms with Gasteiger partial charge in [0.2, 0.25) is 0 Å². The van der Waals surface area contributed by atoms with E-state index in [1.807, 2.05) is 18.2 Å². The molecule has 2 heteroatoms. The fourth-order valence-electron chi connectivity index (χ4n) is 2.11. The van der Waals surface area contributed by atoms with E-state index in [-0.39, 0.29) is 0 Å². The van der Waals surface area contributed by atoms with Crippen LogP contribution in [0.2, 0.25) is 0 Å². The zero-order valence-electron chi connectivity index (χ0n) is 8.64. The lowest BCUT2D eigenvalue weighted by Gasteiger charge is -1.98. The standard InChI is InChI=1S/C14H10OS/c15-9-8-10-4-3-7-13-14(10)11-5-1-2-6-12(11)16-13/h1-7,9H,8H2. The highest BCUT2D eigenvalue weighted by atomic mass is 32.1. The Labute approximate surface area is 97.3 Å². The molecule has 0 N–H and O–H groups in total. The first-order valence-electron chi connectivity index (χ1n) is 5.23. The number of carbonyl (C=O) groups is 1. The Morgan fingerprint density at radius 3 is 2.69 bits per heavy atom. The number of thiophene rings is 1. The molecule has 0 aliphatic heterocycles. The third-order valence-electron chi connectivity index (χ3n) is 2.79. The van der Waals surface area contributed by atoms with Crippen LogP contribution in [0.1, 0.15) is 5.56 Å². The van der Waals surface area contributed by atoms with Crippen LogP contribution in [0.15, 0.2) is 42.5 Å². The van der Waals surface area contributed by atoms with Gasteiger partial charge in [0.25, 0.3) is 0 Å². The van der Waals surface area contributed by atoms with E-state index < -0.39 is 0 Å². The quantitative estimate of drug-likeness (QED) is 0.607. The van der Waals surface area contributed by atoms with E-state index in [1.54, 1.807) is 11.3 Å². The number of rotatable bonds is 2. The second-order valence-electron chi connectivity index (χ2n) is 3.76. The number of hydrogen-bond donors (Lipinski definition) is 0. The Kier molecular flexibility index (Phi) is 2.22. The molecular weight excluding hydrogens is 216 g/mol. The Morgan fingerprint density at radius 2 is 1.81 bits per heavy atom. The molecule has 2 aromatic carbocycles. The Morgan fingerprint density at radius 1 is 1.00 bits per heavy atom. The van der Waals surface area contributed by atoms with E-state index in [0.29, 0.717) is 6.42 Å². The van der Waals surface area contributed by atoms with Crippen molar-refractivity contribution >= 4 is 37.8 Å². The normalized spacial score (nSPS) is 11.0. The maximum atomic E-state index is 10.7. The summed E-state index contributed by atoms with van der Waals surface area (Å²) in [6, 6.07) is 14.5. The molecule has 0 aliphatic rings. The first-order chi connectivity index (χ1) is 7.90. The summed E-state index contributed by atoms with van der Waals surface area (Å²) in [7, 11) is 0. The molecule has 0 unspecified atom stereocenters. The predicted molar refractivity (Wildman–Crippen MR) is 69.1 cm³/mol. The minimum atomic E-state index is 0.498. The number of aldehydes is 1. The summed E-state index contributed by atoms with van der Waals surface area (Å²) in [5.74, 6) is 0. The van der Waals surface area contributed by atoms with Gasteiger partial charge in [-0.2, -0.15) is 0 Å². The molecule has 0 spiro atoms. The predicted octanol–water partition coefficient (Wildman–Crippen LogP) is 3.80. The van der Waals surface area contributed by atoms with Crippen molar-refractivity contribution in [3.05, 3.63) is 48.0 Å². The van der Waals surface area contributed by atoms with Gasteiger partial charge in [-0.3, -0.25) is 0 Å². The average Bonchev–Trinajstić information content (AvgIpc) is 2.68. The number of hydrogen-bond acceptors (Lipinski definition) is 2. The van der Waals surface area contributed by atoms with Crippen LogP contribution in [0.5, 0.6) is 0 Å². The molecule has 0 saturated carbocycles. The molecule has 0 amide bonds. The van der Waals surface area contributed by atoms with E-state index >= 15 is 0 Å². The molecule has 16 heavy (non-hydrogen) atoms. The maximum absolute atomic E-state index is 10.7. The minimum Gasteiger partial charge on any atom is -0.303 e. The third-order valence-corrected chi connectivity index (χ3v) is 3.93. The SMILES string of the molecule is O=CCc1cccc2sc3ccccc3c12. The summed E-state index contributed by atoms with van der Waals surface area (Å²) in [4.78, 5) is 10.7. The van der Waals surface area contributed by atoms with Crippen molar-refractivity contribution in [3.63, 3.8) is 0 Å². The number of carbonyl (C=O) groups excluding carboxylic acids is 1. The summed E-state index contributed by atoms with van der Waals surface area (Å²) in [6.45, 7) is 0. The lowest BCUT2D eigenvalue weighted by atomic mass is 10.0. The molecule has 0 aliphatic carbocycles. The van der Waals surface area contributed by atoms with Gasteiger partial charge in [0.1, 0.15) is 6.29 Å². The molecule has 1 nitrogen and oxygen atoms in total. The van der Waals surface area contributed by atoms with Crippen molar-refractivity contribution in [2.75, 3.05) is 0 Å². The molecule has 3 rings (SSSR count). The highest BCUT2D eigenvalue weighted by Gasteiger charge is 2.07. The molecule has 0 atom stereocenters. The van der Waals surface area contributed by atoms with Gasteiger partial charge in [0.15, 0.2) is 0 Å². The Balaban J connectivity index is 2.47. The summed E-state index contributed by atoms with van der Waals surface area (Å²) in [5, 5.41) is 2.51. The lowest BCUT2D eigenvalue weighted by Crippen LogP contribution is -1.85. The molecule has 0 fully saturated rings. The lowest BCUT2D eigenvalue weighted by molar-refractivity contribution is -0.107. The zero-order chi connectivity index (χ0) is 11.0. The fourth-order valence-corrected chi connectivity index (χ4v) is 3.26. The second-order valence-corrected chi connectivity index (χ2v) is 4.84. The molecule has 3 aromatic rings. The van der Waals surface area contributed by atoms with E-state index in [2.05, 4.69) is 24.3 Å². The van der Waals surface area contributed by atoms with Gasteiger partial charge in [-0.25, -0.2) is 0 Å². The molecule has 1 aromatic heterocycles. The van der Waals surface area contributed by atoms with Gasteiger partial charge >= 0.3 is 0 Å². The van der Waals surface area contributed by atoms with Crippen LogP contribution in [0.3, 0.4) is 0 Å². The zero-order valence-corrected chi connectivity index (χ0v) is 9.46. The first-order valence-corrected chi connectivity index (χ1v) is 6.04. The van der Waals surface area contributed by atoms with Gasteiger partial charge in [0, 0.05) is 26.6 Å². The van der Waals surface area contributed by atoms with Crippen molar-refractivity contribution in [2.45, 2.75) is 6.42 Å². The van der Waals surface area contributed by atoms with Crippen LogP contribution in [0.25, 0.3) is 20.2 Å². The first kappa shape index (κ1) is 9.55. The highest BCUT2D eigenvalue weighted by Crippen LogP contribution is 2.35. The topological polar surface area (TPSA) is 17.1 Å². The Hall–Kier alpha value is -1.67. The largest absolute Gasteiger partial charge is 0.303 e. The van der Waals surface area contributed by atoms with Crippen LogP contribution >= 0.6 is 11.3 Å². The van der Waals surface area contributed by atoms with E-state index in [4.69, 9.17) is 0 Å². The molecule has 0 radical (unpaired) electrons. The smallest absolute Gasteiger partial charge is 0.124 e. The summed E-state index contributed by atoms with van der Waals surface area (Å²) in [5.41, 5.74) is 1.13. The Bertz CT molecular complexity index is 667. The van der Waals surface area contributed by atoms with Crippen LogP contribution in [0, 0.1) is 0 Å². The summed E-state index contributed by atoms with van der Waals surface area (Å²) < 4.78 is 2.55. The van der Waals surface area contributed by atoms with E-state index in [9.17, 15) is 4.79 Å². The molecule has 78 valence electrons. The molecule has 0 bridgehead atoms. The molecule has 0 saturated heterocycles. The summed E-state index contributed by atoms with van der Waals surface area (Å²) >= 11 is 1.79. The van der Waals surface area contributed by atoms with E-state index in [1.165, 1.54) is 20.2 Å². The minimum absolute atomic E-state index is 0.498. The van der Waals surface area contributed by atoms with Crippen molar-refractivity contribution in [1.82, 2.24) is 0 Å². The van der Waals surface area contributed by atoms with Gasteiger partial charge in [-0.1, -0.05) is 30.3 Å². The van der Waals surface area contributed by atoms with Gasteiger partial charge in [-0.15, -0.1) is 11.3 Å². The van der Waals surface area contributed by atoms with Crippen LogP contribution in [-0.4, -0.2) is 6.29 Å². The fraction of sp³-hybridized carbons (Fsp3) is 0.0714. The van der Waals surface area contributed by atoms with Crippen molar-refractivity contribution in [1.29, 1.82) is 0 Å². The number of benzene rings is 2. The van der Waals surface area contributed by atoms with Crippen molar-refractivity contribution in [2.24, 2.45) is 0 Å². The van der Waals surface area contributed by atoms with E-state index in [0.717, 1.165) is 11.8 Å². The van der Waals surface area contributed by atoms with Gasteiger partial charge < -0.3 is 4.79 Å². The average molecular weight is 226 g/mol. The van der Waals surface area contributed by atoms with Crippen molar-refractivity contribution < 1.29 is 4.79 Å². The summed E-state index contributed by atoms with van der Waals surface area (Å²) in [6.07, 6.45) is 1.47. The monoisotopic (exact) mass is 226 g/mol. The van der Waals surface area contributed by atoms with Gasteiger partial charge in [-0.05, 0) is 17.7 Å². The number of fused-ring (bicyclic) bond motifs is 3. The molecular formula is C14H10OS. The van der Waals surface area contributed by atoms with Gasteiger partial charge in [0.05, 0.1) is 0 Å². The third kappa shape index (κ3) is 1.34. The maximum Gasteiger partial charge on any atom is 0.124 e. The molecule has 1 heterocycles. The van der Waals surface area contributed by atoms with Crippen LogP contribution < -0.4 is 0 Å².